The third-order valence-electron chi connectivity index (χ3n) is 1.87. The fraction of sp³-hybridized carbons (Fsp3) is 1.00. The molecule has 1 heterocycles. The van der Waals surface area contributed by atoms with Crippen LogP contribution in [0.25, 0.3) is 0 Å². The van der Waals surface area contributed by atoms with E-state index in [2.05, 4.69) is 5.32 Å². The molecule has 2 heteroatoms. The molecule has 0 bridgehead atoms. The lowest BCUT2D eigenvalue weighted by molar-refractivity contribution is 0.394. The maximum atomic E-state index is 5.59. The van der Waals surface area contributed by atoms with Crippen LogP contribution in [0.3, 0.4) is 0 Å². The summed E-state index contributed by atoms with van der Waals surface area (Å²) in [6.45, 7) is 1.20. The topological polar surface area (TPSA) is 12.0 Å². The highest BCUT2D eigenvalue weighted by Crippen LogP contribution is 2.09. The molecule has 1 aliphatic heterocycles. The predicted molar refractivity (Wildman–Crippen MR) is 41.0 cm³/mol. The minimum atomic E-state index is 0.719. The van der Waals surface area contributed by atoms with E-state index in [-0.39, 0.29) is 0 Å². The van der Waals surface area contributed by atoms with Crippen LogP contribution in [0.15, 0.2) is 0 Å². The van der Waals surface area contributed by atoms with Gasteiger partial charge in [-0.05, 0) is 25.8 Å². The molecule has 0 radical (unpaired) electrons. The van der Waals surface area contributed by atoms with Crippen molar-refractivity contribution >= 4 is 11.6 Å². The minimum Gasteiger partial charge on any atom is -0.314 e. The van der Waals surface area contributed by atoms with Crippen LogP contribution in [0.4, 0.5) is 0 Å². The number of piperidine rings is 1. The van der Waals surface area contributed by atoms with Crippen LogP contribution in [-0.4, -0.2) is 18.5 Å². The van der Waals surface area contributed by atoms with E-state index in [0.717, 1.165) is 18.3 Å². The normalized spacial score (nSPS) is 28.3. The van der Waals surface area contributed by atoms with Gasteiger partial charge in [0.1, 0.15) is 0 Å². The zero-order valence-corrected chi connectivity index (χ0v) is 6.45. The molecule has 0 aromatic carbocycles. The van der Waals surface area contributed by atoms with Gasteiger partial charge >= 0.3 is 0 Å². The smallest absolute Gasteiger partial charge is 0.0238 e. The van der Waals surface area contributed by atoms with E-state index >= 15 is 0 Å². The van der Waals surface area contributed by atoms with Crippen LogP contribution in [0, 0.1) is 0 Å². The van der Waals surface area contributed by atoms with Crippen LogP contribution in [0.1, 0.15) is 25.7 Å². The number of nitrogens with one attached hydrogen (secondary N) is 1. The van der Waals surface area contributed by atoms with Crippen LogP contribution >= 0.6 is 11.6 Å². The molecule has 1 rings (SSSR count). The summed E-state index contributed by atoms with van der Waals surface area (Å²) in [5.41, 5.74) is 0. The van der Waals surface area contributed by atoms with Gasteiger partial charge in [0.15, 0.2) is 0 Å². The van der Waals surface area contributed by atoms with Crippen molar-refractivity contribution in [2.24, 2.45) is 0 Å². The van der Waals surface area contributed by atoms with Crippen LogP contribution < -0.4 is 5.32 Å². The molecule has 1 N–H and O–H groups in total. The first kappa shape index (κ1) is 7.36. The van der Waals surface area contributed by atoms with E-state index < -0.39 is 0 Å². The Morgan fingerprint density at radius 2 is 2.33 bits per heavy atom. The third-order valence-corrected chi connectivity index (χ3v) is 2.09. The van der Waals surface area contributed by atoms with Crippen LogP contribution in [-0.2, 0) is 0 Å². The molecular weight excluding hydrogens is 134 g/mol. The Balaban J connectivity index is 2.08. The van der Waals surface area contributed by atoms with E-state index in [4.69, 9.17) is 11.6 Å². The molecule has 0 saturated carbocycles. The van der Waals surface area contributed by atoms with E-state index in [1.807, 2.05) is 0 Å². The molecular formula is C7H14ClN. The first-order chi connectivity index (χ1) is 4.43. The Kier molecular flexibility index (Phi) is 3.37. The molecule has 0 amide bonds. The zero-order valence-electron chi connectivity index (χ0n) is 5.70. The second-order valence-corrected chi connectivity index (χ2v) is 3.00. The summed E-state index contributed by atoms with van der Waals surface area (Å²) in [4.78, 5) is 0. The highest BCUT2D eigenvalue weighted by molar-refractivity contribution is 6.17. The van der Waals surface area contributed by atoms with Crippen molar-refractivity contribution in [3.63, 3.8) is 0 Å². The molecule has 1 atom stereocenters. The first-order valence-electron chi connectivity index (χ1n) is 3.73. The fourth-order valence-corrected chi connectivity index (χ4v) is 1.57. The summed E-state index contributed by atoms with van der Waals surface area (Å²) in [6.07, 6.45) is 5.20. The van der Waals surface area contributed by atoms with Crippen molar-refractivity contribution < 1.29 is 0 Å². The Labute approximate surface area is 61.8 Å². The lowest BCUT2D eigenvalue weighted by atomic mass is 10.0. The largest absolute Gasteiger partial charge is 0.314 e. The molecule has 1 aliphatic rings. The van der Waals surface area contributed by atoms with Crippen molar-refractivity contribution in [1.82, 2.24) is 5.32 Å². The average molecular weight is 148 g/mol. The molecule has 1 nitrogen and oxygen atoms in total. The molecule has 1 saturated heterocycles. The quantitative estimate of drug-likeness (QED) is 0.587. The summed E-state index contributed by atoms with van der Waals surface area (Å²) in [6, 6.07) is 0.719. The highest BCUT2D eigenvalue weighted by Gasteiger charge is 2.10. The Bertz CT molecular complexity index is 66.6. The van der Waals surface area contributed by atoms with Gasteiger partial charge in [-0.1, -0.05) is 6.42 Å². The summed E-state index contributed by atoms with van der Waals surface area (Å²) in [7, 11) is 0. The first-order valence-corrected chi connectivity index (χ1v) is 4.26. The molecule has 1 unspecified atom stereocenters. The van der Waals surface area contributed by atoms with E-state index in [1.54, 1.807) is 0 Å². The summed E-state index contributed by atoms with van der Waals surface area (Å²) < 4.78 is 0. The molecule has 0 aromatic rings. The summed E-state index contributed by atoms with van der Waals surface area (Å²) in [5, 5.41) is 3.44. The number of alkyl halides is 1. The van der Waals surface area contributed by atoms with Gasteiger partial charge < -0.3 is 5.32 Å². The van der Waals surface area contributed by atoms with Crippen molar-refractivity contribution in [3.05, 3.63) is 0 Å². The average Bonchev–Trinajstić information content (AvgIpc) is 1.91. The van der Waals surface area contributed by atoms with Crippen LogP contribution in [0.5, 0.6) is 0 Å². The van der Waals surface area contributed by atoms with Crippen LogP contribution in [0.2, 0.25) is 0 Å². The van der Waals surface area contributed by atoms with Crippen molar-refractivity contribution in [1.29, 1.82) is 0 Å². The van der Waals surface area contributed by atoms with E-state index in [9.17, 15) is 0 Å². The molecule has 9 heavy (non-hydrogen) atoms. The van der Waals surface area contributed by atoms with E-state index in [1.165, 1.54) is 25.8 Å². The lowest BCUT2D eigenvalue weighted by Gasteiger charge is -2.22. The van der Waals surface area contributed by atoms with Crippen molar-refractivity contribution in [2.75, 3.05) is 12.4 Å². The second kappa shape index (κ2) is 4.13. The number of hydrogen-bond acceptors (Lipinski definition) is 1. The lowest BCUT2D eigenvalue weighted by Crippen LogP contribution is -2.34. The second-order valence-electron chi connectivity index (χ2n) is 2.62. The predicted octanol–water partition coefficient (Wildman–Crippen LogP) is 1.76. The fourth-order valence-electron chi connectivity index (χ4n) is 1.30. The van der Waals surface area contributed by atoms with Crippen molar-refractivity contribution in [3.8, 4) is 0 Å². The maximum absolute atomic E-state index is 5.59. The molecule has 1 fully saturated rings. The number of halogens is 1. The molecule has 0 aliphatic carbocycles. The van der Waals surface area contributed by atoms with Gasteiger partial charge in [-0.2, -0.15) is 0 Å². The highest BCUT2D eigenvalue weighted by atomic mass is 35.5. The molecule has 0 aromatic heterocycles. The van der Waals surface area contributed by atoms with Crippen molar-refractivity contribution in [2.45, 2.75) is 31.7 Å². The van der Waals surface area contributed by atoms with Gasteiger partial charge in [0, 0.05) is 11.9 Å². The molecule has 0 spiro atoms. The third kappa shape index (κ3) is 2.55. The Morgan fingerprint density at radius 3 is 2.89 bits per heavy atom. The van der Waals surface area contributed by atoms with Gasteiger partial charge in [-0.25, -0.2) is 0 Å². The zero-order chi connectivity index (χ0) is 6.53. The SMILES string of the molecule is ClCCC1CCCCN1. The van der Waals surface area contributed by atoms with Gasteiger partial charge in [0.05, 0.1) is 0 Å². The summed E-state index contributed by atoms with van der Waals surface area (Å²) in [5.74, 6) is 0.803. The van der Waals surface area contributed by atoms with Gasteiger partial charge in [0.25, 0.3) is 0 Å². The number of hydrogen-bond donors (Lipinski definition) is 1. The Hall–Kier alpha value is 0.250. The van der Waals surface area contributed by atoms with Gasteiger partial charge in [-0.15, -0.1) is 11.6 Å². The van der Waals surface area contributed by atoms with E-state index in [0.29, 0.717) is 0 Å². The Morgan fingerprint density at radius 1 is 1.44 bits per heavy atom. The number of rotatable bonds is 2. The van der Waals surface area contributed by atoms with Gasteiger partial charge in [-0.3, -0.25) is 0 Å². The standard InChI is InChI=1S/C7H14ClN/c8-5-4-7-3-1-2-6-9-7/h7,9H,1-6H2. The maximum Gasteiger partial charge on any atom is 0.0238 e. The molecule has 54 valence electrons. The summed E-state index contributed by atoms with van der Waals surface area (Å²) >= 11 is 5.59. The minimum absolute atomic E-state index is 0.719. The van der Waals surface area contributed by atoms with Gasteiger partial charge in [0.2, 0.25) is 0 Å². The monoisotopic (exact) mass is 147 g/mol.